The zero-order chi connectivity index (χ0) is 19.3. The smallest absolute Gasteiger partial charge is 0.262 e. The molecular formula is C21H27F2NOS. The molecule has 26 heavy (non-hydrogen) atoms. The van der Waals surface area contributed by atoms with Crippen molar-refractivity contribution in [1.29, 1.82) is 0 Å². The number of thioether (sulfide) groups is 1. The molecule has 1 N–H and O–H groups in total. The minimum absolute atomic E-state index is 0.0271. The van der Waals surface area contributed by atoms with Gasteiger partial charge in [-0.05, 0) is 55.1 Å². The predicted octanol–water partition coefficient (Wildman–Crippen LogP) is 6.72. The quantitative estimate of drug-likeness (QED) is 0.556. The van der Waals surface area contributed by atoms with Crippen LogP contribution in [-0.2, 0) is 4.79 Å². The van der Waals surface area contributed by atoms with Gasteiger partial charge in [0.1, 0.15) is 0 Å². The Bertz CT molecular complexity index is 699. The van der Waals surface area contributed by atoms with E-state index >= 15 is 0 Å². The first kappa shape index (κ1) is 20.7. The fourth-order valence-corrected chi connectivity index (χ4v) is 4.18. The third-order valence-electron chi connectivity index (χ3n) is 4.75. The lowest BCUT2D eigenvalue weighted by atomic mass is 9.78. The van der Waals surface area contributed by atoms with Gasteiger partial charge in [0.05, 0.1) is 4.91 Å². The molecule has 1 unspecified atom stereocenters. The van der Waals surface area contributed by atoms with Crippen molar-refractivity contribution in [3.8, 4) is 0 Å². The van der Waals surface area contributed by atoms with Gasteiger partial charge in [0.25, 0.3) is 12.3 Å². The van der Waals surface area contributed by atoms with Crippen molar-refractivity contribution < 1.29 is 13.6 Å². The fourth-order valence-electron chi connectivity index (χ4n) is 3.44. The first-order chi connectivity index (χ1) is 12.3. The second kappa shape index (κ2) is 9.36. The van der Waals surface area contributed by atoms with Gasteiger partial charge in [0.15, 0.2) is 0 Å². The van der Waals surface area contributed by atoms with Gasteiger partial charge in [0, 0.05) is 11.3 Å². The van der Waals surface area contributed by atoms with Crippen molar-refractivity contribution in [1.82, 2.24) is 0 Å². The van der Waals surface area contributed by atoms with Crippen LogP contribution in [0.3, 0.4) is 0 Å². The van der Waals surface area contributed by atoms with E-state index < -0.39 is 12.3 Å². The number of anilines is 1. The van der Waals surface area contributed by atoms with E-state index in [0.717, 1.165) is 35.9 Å². The second-order valence-electron chi connectivity index (χ2n) is 7.13. The molecule has 142 valence electrons. The Morgan fingerprint density at radius 1 is 1.27 bits per heavy atom. The Morgan fingerprint density at radius 3 is 2.58 bits per heavy atom. The van der Waals surface area contributed by atoms with E-state index in [4.69, 9.17) is 0 Å². The van der Waals surface area contributed by atoms with Crippen LogP contribution >= 0.6 is 11.8 Å². The minimum atomic E-state index is -2.67. The molecule has 5 heteroatoms. The van der Waals surface area contributed by atoms with E-state index in [-0.39, 0.29) is 10.5 Å². The molecule has 1 aromatic rings. The molecule has 0 radical (unpaired) electrons. The van der Waals surface area contributed by atoms with Crippen LogP contribution in [0.1, 0.15) is 57.9 Å². The molecular weight excluding hydrogens is 352 g/mol. The molecule has 0 saturated heterocycles. The molecule has 1 fully saturated rings. The van der Waals surface area contributed by atoms with Crippen molar-refractivity contribution in [3.63, 3.8) is 0 Å². The molecule has 1 amide bonds. The second-order valence-corrected chi connectivity index (χ2v) is 8.44. The number of carbonyl (C=O) groups excluding carboxylic acids is 1. The zero-order valence-corrected chi connectivity index (χ0v) is 16.5. The SMILES string of the molecule is C=C(C)S/C(C(=O)Nc1ccccc1C1CCC[C@@H](C)C1)=C(\C)C(F)F. The van der Waals surface area contributed by atoms with Crippen LogP contribution in [0.5, 0.6) is 0 Å². The molecule has 1 aromatic carbocycles. The van der Waals surface area contributed by atoms with Crippen molar-refractivity contribution in [2.75, 3.05) is 5.32 Å². The summed E-state index contributed by atoms with van der Waals surface area (Å²) < 4.78 is 26.3. The van der Waals surface area contributed by atoms with E-state index in [1.807, 2.05) is 24.3 Å². The van der Waals surface area contributed by atoms with Gasteiger partial charge in [-0.3, -0.25) is 4.79 Å². The number of alkyl halides is 2. The lowest BCUT2D eigenvalue weighted by Crippen LogP contribution is -2.19. The highest BCUT2D eigenvalue weighted by Gasteiger charge is 2.24. The Morgan fingerprint density at radius 2 is 1.96 bits per heavy atom. The highest BCUT2D eigenvalue weighted by molar-refractivity contribution is 8.07. The summed E-state index contributed by atoms with van der Waals surface area (Å²) in [5, 5.41) is 2.87. The first-order valence-corrected chi connectivity index (χ1v) is 9.83. The molecule has 2 rings (SSSR count). The van der Waals surface area contributed by atoms with Crippen molar-refractivity contribution in [3.05, 3.63) is 51.8 Å². The summed E-state index contributed by atoms with van der Waals surface area (Å²) in [6.45, 7) is 8.98. The number of amides is 1. The highest BCUT2D eigenvalue weighted by Crippen LogP contribution is 2.39. The normalized spacial score (nSPS) is 21.3. The van der Waals surface area contributed by atoms with E-state index in [9.17, 15) is 13.6 Å². The molecule has 0 aromatic heterocycles. The molecule has 1 aliphatic rings. The number of allylic oxidation sites excluding steroid dienone is 2. The molecule has 0 aliphatic heterocycles. The summed E-state index contributed by atoms with van der Waals surface area (Å²) in [6, 6.07) is 7.72. The maximum absolute atomic E-state index is 13.2. The Balaban J connectivity index is 2.28. The van der Waals surface area contributed by atoms with Gasteiger partial charge in [-0.2, -0.15) is 0 Å². The number of para-hydroxylation sites is 1. The molecule has 1 aliphatic carbocycles. The lowest BCUT2D eigenvalue weighted by Gasteiger charge is -2.28. The molecule has 1 saturated carbocycles. The van der Waals surface area contributed by atoms with Crippen LogP contribution in [0.15, 0.2) is 46.2 Å². The van der Waals surface area contributed by atoms with Gasteiger partial charge in [-0.1, -0.05) is 56.3 Å². The zero-order valence-electron chi connectivity index (χ0n) is 15.6. The van der Waals surface area contributed by atoms with E-state index in [0.29, 0.717) is 16.7 Å². The summed E-state index contributed by atoms with van der Waals surface area (Å²) in [4.78, 5) is 13.4. The molecule has 2 atom stereocenters. The van der Waals surface area contributed by atoms with Crippen LogP contribution < -0.4 is 5.32 Å². The maximum atomic E-state index is 13.2. The summed E-state index contributed by atoms with van der Waals surface area (Å²) >= 11 is 0.998. The average Bonchev–Trinajstić information content (AvgIpc) is 2.59. The van der Waals surface area contributed by atoms with Crippen LogP contribution in [0.2, 0.25) is 0 Å². The molecule has 0 bridgehead atoms. The number of carbonyl (C=O) groups is 1. The number of halogens is 2. The molecule has 0 spiro atoms. The van der Waals surface area contributed by atoms with Crippen molar-refractivity contribution >= 4 is 23.4 Å². The van der Waals surface area contributed by atoms with Gasteiger partial charge in [-0.15, -0.1) is 0 Å². The molecule has 2 nitrogen and oxygen atoms in total. The lowest BCUT2D eigenvalue weighted by molar-refractivity contribution is -0.112. The maximum Gasteiger partial charge on any atom is 0.262 e. The van der Waals surface area contributed by atoms with Gasteiger partial charge >= 0.3 is 0 Å². The number of hydrogen-bond donors (Lipinski definition) is 1. The van der Waals surface area contributed by atoms with Gasteiger partial charge in [0.2, 0.25) is 0 Å². The summed E-state index contributed by atoms with van der Waals surface area (Å²) in [7, 11) is 0. The van der Waals surface area contributed by atoms with E-state index in [2.05, 4.69) is 18.8 Å². The summed E-state index contributed by atoms with van der Waals surface area (Å²) in [6.07, 6.45) is 1.93. The van der Waals surface area contributed by atoms with Gasteiger partial charge < -0.3 is 5.32 Å². The van der Waals surface area contributed by atoms with E-state index in [1.54, 1.807) is 6.92 Å². The Kier molecular flexibility index (Phi) is 7.44. The summed E-state index contributed by atoms with van der Waals surface area (Å²) in [5.74, 6) is 0.563. The Labute approximate surface area is 159 Å². The summed E-state index contributed by atoms with van der Waals surface area (Å²) in [5.41, 5.74) is 1.60. The van der Waals surface area contributed by atoms with Crippen LogP contribution in [-0.4, -0.2) is 12.3 Å². The first-order valence-electron chi connectivity index (χ1n) is 9.02. The monoisotopic (exact) mass is 379 g/mol. The third kappa shape index (κ3) is 5.44. The fraction of sp³-hybridized carbons (Fsp3) is 0.476. The minimum Gasteiger partial charge on any atom is -0.321 e. The van der Waals surface area contributed by atoms with Crippen LogP contribution in [0.25, 0.3) is 0 Å². The predicted molar refractivity (Wildman–Crippen MR) is 107 cm³/mol. The highest BCUT2D eigenvalue weighted by atomic mass is 32.2. The standard InChI is InChI=1S/C21H27F2NOS/c1-13(2)26-19(15(4)20(22)23)21(25)24-18-11-6-5-10-17(18)16-9-7-8-14(3)12-16/h5-6,10-11,14,16,20H,1,7-9,12H2,2-4H3,(H,24,25)/b19-15+/t14-,16?/m1/s1. The number of hydrogen-bond acceptors (Lipinski definition) is 2. The molecule has 0 heterocycles. The number of rotatable bonds is 6. The topological polar surface area (TPSA) is 29.1 Å². The average molecular weight is 380 g/mol. The van der Waals surface area contributed by atoms with Crippen LogP contribution in [0, 0.1) is 5.92 Å². The third-order valence-corrected chi connectivity index (χ3v) is 5.81. The largest absolute Gasteiger partial charge is 0.321 e. The number of benzene rings is 1. The van der Waals surface area contributed by atoms with Gasteiger partial charge in [-0.25, -0.2) is 8.78 Å². The van der Waals surface area contributed by atoms with Crippen LogP contribution in [0.4, 0.5) is 14.5 Å². The van der Waals surface area contributed by atoms with Crippen molar-refractivity contribution in [2.45, 2.75) is 58.8 Å². The van der Waals surface area contributed by atoms with E-state index in [1.165, 1.54) is 19.8 Å². The Hall–Kier alpha value is -1.62. The number of nitrogens with one attached hydrogen (secondary N) is 1. The van der Waals surface area contributed by atoms with Crippen molar-refractivity contribution in [2.24, 2.45) is 5.92 Å².